The predicted octanol–water partition coefficient (Wildman–Crippen LogP) is 4.45. The van der Waals surface area contributed by atoms with E-state index >= 15 is 0 Å². The summed E-state index contributed by atoms with van der Waals surface area (Å²) in [6.45, 7) is 0. The molecular weight excluding hydrogens is 452 g/mol. The summed E-state index contributed by atoms with van der Waals surface area (Å²) in [5.41, 5.74) is -5.97. The molecule has 2 aromatic heterocycles. The number of aromatic nitrogens is 2. The average Bonchev–Trinajstić information content (AvgIpc) is 2.81. The van der Waals surface area contributed by atoms with Gasteiger partial charge in [-0.25, -0.2) is 0 Å². The Kier molecular flexibility index (Phi) is 6.72. The van der Waals surface area contributed by atoms with Crippen molar-refractivity contribution in [3.05, 3.63) is 112 Å². The minimum absolute atomic E-state index is 0.394. The Morgan fingerprint density at radius 1 is 0.500 bits per heavy atom. The lowest BCUT2D eigenvalue weighted by atomic mass is 9.98. The molecule has 0 radical (unpaired) electrons. The van der Waals surface area contributed by atoms with Crippen LogP contribution in [-0.4, -0.2) is 29.7 Å². The van der Waals surface area contributed by atoms with Gasteiger partial charge in [-0.3, -0.25) is 50.4 Å². The standard InChI is InChI=1S/C20H12N6O8/c27-23(28)17-15(3-1-13-5-9-21-10-6-13)18(24(29)30)20(26(33)34)16(19(17)25(31)32)4-2-14-7-11-22-12-8-14/h1-12H/b3-1+,4-2?. The van der Waals surface area contributed by atoms with Crippen molar-refractivity contribution >= 4 is 47.1 Å². The fourth-order valence-electron chi connectivity index (χ4n) is 3.10. The molecule has 34 heavy (non-hydrogen) atoms. The molecule has 0 saturated carbocycles. The second kappa shape index (κ2) is 9.82. The Balaban J connectivity index is 2.45. The summed E-state index contributed by atoms with van der Waals surface area (Å²) in [5, 5.41) is 47.5. The fourth-order valence-corrected chi connectivity index (χ4v) is 3.10. The molecule has 0 spiro atoms. The van der Waals surface area contributed by atoms with E-state index < -0.39 is 53.6 Å². The molecule has 0 unspecified atom stereocenters. The second-order valence-electron chi connectivity index (χ2n) is 6.48. The smallest absolute Gasteiger partial charge is 0.265 e. The number of nitro groups is 4. The third-order valence-corrected chi connectivity index (χ3v) is 4.50. The summed E-state index contributed by atoms with van der Waals surface area (Å²) in [4.78, 5) is 50.4. The summed E-state index contributed by atoms with van der Waals surface area (Å²) < 4.78 is 0. The molecule has 3 rings (SSSR count). The average molecular weight is 464 g/mol. The van der Waals surface area contributed by atoms with Gasteiger partial charge in [-0.15, -0.1) is 0 Å². The monoisotopic (exact) mass is 464 g/mol. The molecule has 0 amide bonds. The van der Waals surface area contributed by atoms with Gasteiger partial charge in [0.15, 0.2) is 0 Å². The Morgan fingerprint density at radius 2 is 0.765 bits per heavy atom. The third-order valence-electron chi connectivity index (χ3n) is 4.50. The molecule has 0 aliphatic rings. The van der Waals surface area contributed by atoms with Crippen LogP contribution in [0.3, 0.4) is 0 Å². The molecule has 2 heterocycles. The van der Waals surface area contributed by atoms with Crippen LogP contribution in [0.25, 0.3) is 24.3 Å². The molecule has 0 aliphatic heterocycles. The zero-order chi connectivity index (χ0) is 24.8. The second-order valence-corrected chi connectivity index (χ2v) is 6.48. The van der Waals surface area contributed by atoms with Gasteiger partial charge in [0.25, 0.3) is 0 Å². The topological polar surface area (TPSA) is 198 Å². The highest BCUT2D eigenvalue weighted by Crippen LogP contribution is 2.48. The molecule has 170 valence electrons. The molecule has 0 atom stereocenters. The minimum Gasteiger partial charge on any atom is -0.265 e. The van der Waals surface area contributed by atoms with E-state index in [9.17, 15) is 40.5 Å². The normalized spacial score (nSPS) is 11.1. The van der Waals surface area contributed by atoms with Crippen LogP contribution in [0.5, 0.6) is 0 Å². The van der Waals surface area contributed by atoms with Crippen molar-refractivity contribution in [2.45, 2.75) is 0 Å². The zero-order valence-electron chi connectivity index (χ0n) is 16.9. The molecule has 0 bridgehead atoms. The number of hydrogen-bond donors (Lipinski definition) is 0. The molecular formula is C20H12N6O8. The predicted molar refractivity (Wildman–Crippen MR) is 119 cm³/mol. The molecule has 14 nitrogen and oxygen atoms in total. The Hall–Kier alpha value is -5.40. The first-order valence-corrected chi connectivity index (χ1v) is 9.20. The molecule has 0 fully saturated rings. The van der Waals surface area contributed by atoms with Crippen LogP contribution in [0, 0.1) is 40.5 Å². The lowest BCUT2D eigenvalue weighted by Gasteiger charge is -2.06. The van der Waals surface area contributed by atoms with Gasteiger partial charge in [0, 0.05) is 24.8 Å². The maximum atomic E-state index is 11.9. The summed E-state index contributed by atoms with van der Waals surface area (Å²) in [6.07, 6.45) is 9.61. The minimum atomic E-state index is -1.25. The highest BCUT2D eigenvalue weighted by molar-refractivity contribution is 5.94. The van der Waals surface area contributed by atoms with E-state index in [0.717, 1.165) is 12.2 Å². The quantitative estimate of drug-likeness (QED) is 0.339. The number of rotatable bonds is 8. The molecule has 0 N–H and O–H groups in total. The lowest BCUT2D eigenvalue weighted by molar-refractivity contribution is -0.434. The molecule has 0 saturated heterocycles. The summed E-state index contributed by atoms with van der Waals surface area (Å²) in [5.74, 6) is 0. The van der Waals surface area contributed by atoms with Gasteiger partial charge in [0.2, 0.25) is 0 Å². The van der Waals surface area contributed by atoms with Crippen molar-refractivity contribution < 1.29 is 19.7 Å². The zero-order valence-corrected chi connectivity index (χ0v) is 16.9. The van der Waals surface area contributed by atoms with Gasteiger partial charge in [0.05, 0.1) is 19.7 Å². The first-order valence-electron chi connectivity index (χ1n) is 9.20. The maximum Gasteiger partial charge on any atom is 0.361 e. The van der Waals surface area contributed by atoms with Crippen LogP contribution < -0.4 is 0 Å². The van der Waals surface area contributed by atoms with Crippen LogP contribution in [0.4, 0.5) is 22.7 Å². The van der Waals surface area contributed by atoms with Gasteiger partial charge in [0.1, 0.15) is 11.1 Å². The summed E-state index contributed by atoms with van der Waals surface area (Å²) >= 11 is 0. The SMILES string of the molecule is O=[N+]([O-])c1c(C=Cc2ccncc2)c([N+](=O)[O-])c([N+](=O)[O-])c(/C=C/c2ccncc2)c1[N+](=O)[O-]. The Labute approximate surface area is 189 Å². The van der Waals surface area contributed by atoms with E-state index in [1.165, 1.54) is 61.2 Å². The lowest BCUT2D eigenvalue weighted by Crippen LogP contribution is -2.08. The van der Waals surface area contributed by atoms with Crippen LogP contribution in [0.1, 0.15) is 22.3 Å². The van der Waals surface area contributed by atoms with Gasteiger partial charge in [-0.05, 0) is 47.5 Å². The van der Waals surface area contributed by atoms with Gasteiger partial charge in [-0.1, -0.05) is 12.2 Å². The van der Waals surface area contributed by atoms with E-state index in [1.54, 1.807) is 0 Å². The number of nitro benzene ring substituents is 4. The van der Waals surface area contributed by atoms with Gasteiger partial charge < -0.3 is 0 Å². The molecule has 1 aromatic carbocycles. The van der Waals surface area contributed by atoms with Gasteiger partial charge >= 0.3 is 22.7 Å². The van der Waals surface area contributed by atoms with Crippen molar-refractivity contribution in [3.63, 3.8) is 0 Å². The molecule has 0 aliphatic carbocycles. The van der Waals surface area contributed by atoms with E-state index in [4.69, 9.17) is 0 Å². The highest BCUT2D eigenvalue weighted by Gasteiger charge is 2.46. The highest BCUT2D eigenvalue weighted by atomic mass is 16.6. The van der Waals surface area contributed by atoms with E-state index in [1.807, 2.05) is 0 Å². The van der Waals surface area contributed by atoms with Crippen molar-refractivity contribution in [3.8, 4) is 0 Å². The van der Waals surface area contributed by atoms with E-state index in [0.29, 0.717) is 11.1 Å². The number of benzene rings is 1. The number of pyridine rings is 2. The number of nitrogens with zero attached hydrogens (tertiary/aromatic N) is 6. The first-order chi connectivity index (χ1) is 16.2. The van der Waals surface area contributed by atoms with Crippen molar-refractivity contribution in [1.29, 1.82) is 0 Å². The summed E-state index contributed by atoms with van der Waals surface area (Å²) in [6, 6.07) is 5.84. The molecule has 14 heteroatoms. The Morgan fingerprint density at radius 3 is 1.00 bits per heavy atom. The summed E-state index contributed by atoms with van der Waals surface area (Å²) in [7, 11) is 0. The van der Waals surface area contributed by atoms with E-state index in [2.05, 4.69) is 9.97 Å². The van der Waals surface area contributed by atoms with Crippen molar-refractivity contribution in [1.82, 2.24) is 9.97 Å². The van der Waals surface area contributed by atoms with E-state index in [-0.39, 0.29) is 0 Å². The van der Waals surface area contributed by atoms with Gasteiger partial charge in [-0.2, -0.15) is 0 Å². The maximum absolute atomic E-state index is 11.9. The van der Waals surface area contributed by atoms with Crippen molar-refractivity contribution in [2.24, 2.45) is 0 Å². The fraction of sp³-hybridized carbons (Fsp3) is 0. The van der Waals surface area contributed by atoms with Crippen LogP contribution in [0.15, 0.2) is 49.1 Å². The first kappa shape index (κ1) is 23.3. The third kappa shape index (κ3) is 4.75. The Bertz CT molecular complexity index is 1200. The van der Waals surface area contributed by atoms with Crippen LogP contribution >= 0.6 is 0 Å². The largest absolute Gasteiger partial charge is 0.361 e. The number of hydrogen-bond acceptors (Lipinski definition) is 10. The van der Waals surface area contributed by atoms with Crippen LogP contribution in [0.2, 0.25) is 0 Å². The van der Waals surface area contributed by atoms with Crippen LogP contribution in [-0.2, 0) is 0 Å². The molecule has 3 aromatic rings. The van der Waals surface area contributed by atoms with Crippen molar-refractivity contribution in [2.75, 3.05) is 0 Å².